The summed E-state index contributed by atoms with van der Waals surface area (Å²) in [6.07, 6.45) is 7.55. The second-order valence-corrected chi connectivity index (χ2v) is 8.45. The summed E-state index contributed by atoms with van der Waals surface area (Å²) in [5, 5.41) is 3.91. The van der Waals surface area contributed by atoms with Crippen LogP contribution in [0.25, 0.3) is 0 Å². The first kappa shape index (κ1) is 19.5. The van der Waals surface area contributed by atoms with Gasteiger partial charge in [-0.15, -0.1) is 0 Å². The van der Waals surface area contributed by atoms with Crippen molar-refractivity contribution in [3.63, 3.8) is 0 Å². The lowest BCUT2D eigenvalue weighted by molar-refractivity contribution is 0.239. The number of likely N-dealkylation sites (tertiary alicyclic amines) is 1. The molecule has 9 heteroatoms. The van der Waals surface area contributed by atoms with Crippen molar-refractivity contribution in [3.05, 3.63) is 42.7 Å². The fourth-order valence-corrected chi connectivity index (χ4v) is 4.45. The van der Waals surface area contributed by atoms with Gasteiger partial charge in [-0.2, -0.15) is 0 Å². The Kier molecular flexibility index (Phi) is 6.22. The molecule has 0 saturated carbocycles. The molecule has 2 aromatic rings. The summed E-state index contributed by atoms with van der Waals surface area (Å²) in [6.45, 7) is 3.13. The average molecular weight is 406 g/mol. The SMILES string of the molecule is CC[C@H]1CCCCN1C(=S)Nc1ccc(S(=O)(=O)Nc2ncccn2)cc1. The summed E-state index contributed by atoms with van der Waals surface area (Å²) in [5.74, 6) is 0.0385. The molecule has 7 nitrogen and oxygen atoms in total. The molecular weight excluding hydrogens is 382 g/mol. The molecule has 3 rings (SSSR count). The lowest BCUT2D eigenvalue weighted by atomic mass is 10.0. The van der Waals surface area contributed by atoms with Gasteiger partial charge in [-0.3, -0.25) is 0 Å². The minimum Gasteiger partial charge on any atom is -0.346 e. The molecule has 1 aliphatic rings. The quantitative estimate of drug-likeness (QED) is 0.739. The molecule has 1 aromatic heterocycles. The molecular formula is C18H23N5O2S2. The van der Waals surface area contributed by atoms with Crippen LogP contribution in [0.5, 0.6) is 0 Å². The molecule has 2 N–H and O–H groups in total. The predicted molar refractivity (Wildman–Crippen MR) is 110 cm³/mol. The monoisotopic (exact) mass is 405 g/mol. The van der Waals surface area contributed by atoms with Crippen LogP contribution in [-0.4, -0.2) is 41.0 Å². The number of sulfonamides is 1. The molecule has 144 valence electrons. The molecule has 1 atom stereocenters. The zero-order chi connectivity index (χ0) is 19.3. The van der Waals surface area contributed by atoms with Crippen molar-refractivity contribution in [3.8, 4) is 0 Å². The van der Waals surface area contributed by atoms with Crippen molar-refractivity contribution in [2.24, 2.45) is 0 Å². The molecule has 0 bridgehead atoms. The van der Waals surface area contributed by atoms with E-state index in [1.165, 1.54) is 30.9 Å². The largest absolute Gasteiger partial charge is 0.346 e. The van der Waals surface area contributed by atoms with E-state index in [4.69, 9.17) is 12.2 Å². The molecule has 1 aromatic carbocycles. The van der Waals surface area contributed by atoms with Gasteiger partial charge in [0.15, 0.2) is 5.11 Å². The normalized spacial score (nSPS) is 17.4. The Morgan fingerprint density at radius 2 is 1.93 bits per heavy atom. The van der Waals surface area contributed by atoms with Gasteiger partial charge in [0.05, 0.1) is 4.90 Å². The number of piperidine rings is 1. The molecule has 1 fully saturated rings. The average Bonchev–Trinajstić information content (AvgIpc) is 2.68. The van der Waals surface area contributed by atoms with Crippen LogP contribution in [0.1, 0.15) is 32.6 Å². The van der Waals surface area contributed by atoms with Gasteiger partial charge in [0, 0.05) is 30.7 Å². The van der Waals surface area contributed by atoms with Gasteiger partial charge in [-0.05, 0) is 68.2 Å². The third kappa shape index (κ3) is 4.92. The van der Waals surface area contributed by atoms with Gasteiger partial charge in [-0.1, -0.05) is 6.92 Å². The van der Waals surface area contributed by atoms with Crippen LogP contribution in [-0.2, 0) is 10.0 Å². The lowest BCUT2D eigenvalue weighted by Gasteiger charge is -2.37. The van der Waals surface area contributed by atoms with E-state index in [1.807, 2.05) is 0 Å². The number of hydrogen-bond acceptors (Lipinski definition) is 5. The van der Waals surface area contributed by atoms with Crippen LogP contribution >= 0.6 is 12.2 Å². The van der Waals surface area contributed by atoms with E-state index < -0.39 is 10.0 Å². The number of anilines is 2. The molecule has 1 aliphatic heterocycles. The van der Waals surface area contributed by atoms with Crippen LogP contribution in [0.2, 0.25) is 0 Å². The van der Waals surface area contributed by atoms with E-state index in [-0.39, 0.29) is 10.8 Å². The molecule has 1 saturated heterocycles. The minimum atomic E-state index is -3.74. The Bertz CT molecular complexity index is 872. The highest BCUT2D eigenvalue weighted by atomic mass is 32.2. The topological polar surface area (TPSA) is 87.2 Å². The molecule has 27 heavy (non-hydrogen) atoms. The maximum Gasteiger partial charge on any atom is 0.264 e. The summed E-state index contributed by atoms with van der Waals surface area (Å²) in [7, 11) is -3.74. The summed E-state index contributed by atoms with van der Waals surface area (Å²) in [4.78, 5) is 10.1. The van der Waals surface area contributed by atoms with E-state index in [2.05, 4.69) is 31.8 Å². The van der Waals surface area contributed by atoms with E-state index in [0.717, 1.165) is 31.5 Å². The summed E-state index contributed by atoms with van der Waals surface area (Å²) < 4.78 is 27.2. The molecule has 0 aliphatic carbocycles. The highest BCUT2D eigenvalue weighted by Gasteiger charge is 2.23. The van der Waals surface area contributed by atoms with Crippen molar-refractivity contribution >= 4 is 39.0 Å². The van der Waals surface area contributed by atoms with Gasteiger partial charge >= 0.3 is 0 Å². The molecule has 0 unspecified atom stereocenters. The van der Waals surface area contributed by atoms with Gasteiger partial charge in [0.1, 0.15) is 0 Å². The van der Waals surface area contributed by atoms with Crippen molar-refractivity contribution in [2.45, 2.75) is 43.5 Å². The van der Waals surface area contributed by atoms with Crippen LogP contribution in [0.15, 0.2) is 47.6 Å². The Hall–Kier alpha value is -2.26. The number of nitrogens with zero attached hydrogens (tertiary/aromatic N) is 3. The zero-order valence-electron chi connectivity index (χ0n) is 15.1. The van der Waals surface area contributed by atoms with E-state index in [9.17, 15) is 8.42 Å². The van der Waals surface area contributed by atoms with Crippen molar-refractivity contribution in [1.29, 1.82) is 0 Å². The third-order valence-electron chi connectivity index (χ3n) is 4.57. The van der Waals surface area contributed by atoms with Gasteiger partial charge in [-0.25, -0.2) is 23.1 Å². The summed E-state index contributed by atoms with van der Waals surface area (Å²) in [6, 6.07) is 8.56. The van der Waals surface area contributed by atoms with Gasteiger partial charge < -0.3 is 10.2 Å². The van der Waals surface area contributed by atoms with E-state index >= 15 is 0 Å². The Labute approximate surface area is 165 Å². The molecule has 0 spiro atoms. The lowest BCUT2D eigenvalue weighted by Crippen LogP contribution is -2.45. The van der Waals surface area contributed by atoms with Crippen molar-refractivity contribution in [2.75, 3.05) is 16.6 Å². The molecule has 0 radical (unpaired) electrons. The first-order chi connectivity index (χ1) is 13.0. The summed E-state index contributed by atoms with van der Waals surface area (Å²) >= 11 is 5.56. The number of hydrogen-bond donors (Lipinski definition) is 2. The van der Waals surface area contributed by atoms with Crippen molar-refractivity contribution in [1.82, 2.24) is 14.9 Å². The summed E-state index contributed by atoms with van der Waals surface area (Å²) in [5.41, 5.74) is 0.760. The Balaban J connectivity index is 1.67. The first-order valence-corrected chi connectivity index (χ1v) is 10.9. The molecule has 2 heterocycles. The standard InChI is InChI=1S/C18H23N5O2S2/c1-2-15-6-3-4-13-23(15)18(26)21-14-7-9-16(10-8-14)27(24,25)22-17-19-11-5-12-20-17/h5,7-12,15H,2-4,6,13H2,1H3,(H,21,26)(H,19,20,22)/t15-/m0/s1. The highest BCUT2D eigenvalue weighted by Crippen LogP contribution is 2.22. The second-order valence-electron chi connectivity index (χ2n) is 6.38. The number of rotatable bonds is 5. The third-order valence-corrected chi connectivity index (χ3v) is 6.25. The van der Waals surface area contributed by atoms with Crippen LogP contribution in [0, 0.1) is 0 Å². The molecule has 0 amide bonds. The first-order valence-electron chi connectivity index (χ1n) is 8.97. The van der Waals surface area contributed by atoms with Crippen LogP contribution < -0.4 is 10.0 Å². The zero-order valence-corrected chi connectivity index (χ0v) is 16.8. The Morgan fingerprint density at radius 1 is 1.22 bits per heavy atom. The highest BCUT2D eigenvalue weighted by molar-refractivity contribution is 7.92. The maximum atomic E-state index is 12.4. The van der Waals surface area contributed by atoms with E-state index in [0.29, 0.717) is 11.2 Å². The fourth-order valence-electron chi connectivity index (χ4n) is 3.14. The second kappa shape index (κ2) is 8.62. The number of nitrogens with one attached hydrogen (secondary N) is 2. The van der Waals surface area contributed by atoms with Crippen LogP contribution in [0.3, 0.4) is 0 Å². The number of thiocarbonyl (C=S) groups is 1. The smallest absolute Gasteiger partial charge is 0.264 e. The predicted octanol–water partition coefficient (Wildman–Crippen LogP) is 3.24. The van der Waals surface area contributed by atoms with Crippen LogP contribution in [0.4, 0.5) is 11.6 Å². The number of benzene rings is 1. The van der Waals surface area contributed by atoms with Crippen molar-refractivity contribution < 1.29 is 8.42 Å². The van der Waals surface area contributed by atoms with Gasteiger partial charge in [0.2, 0.25) is 5.95 Å². The van der Waals surface area contributed by atoms with Gasteiger partial charge in [0.25, 0.3) is 10.0 Å². The minimum absolute atomic E-state index is 0.0385. The fraction of sp³-hybridized carbons (Fsp3) is 0.389. The Morgan fingerprint density at radius 3 is 2.59 bits per heavy atom. The van der Waals surface area contributed by atoms with E-state index in [1.54, 1.807) is 18.2 Å². The number of aromatic nitrogens is 2. The maximum absolute atomic E-state index is 12.4.